The first kappa shape index (κ1) is 22.2. The third-order valence-electron chi connectivity index (χ3n) is 5.42. The number of carbonyl (C=O) groups excluding carboxylic acids is 3. The van der Waals surface area contributed by atoms with Gasteiger partial charge in [0.15, 0.2) is 0 Å². The van der Waals surface area contributed by atoms with Gasteiger partial charge in [-0.05, 0) is 43.9 Å². The first-order valence-electron chi connectivity index (χ1n) is 10.2. The van der Waals surface area contributed by atoms with Gasteiger partial charge in [0.1, 0.15) is 6.54 Å². The van der Waals surface area contributed by atoms with Crippen molar-refractivity contribution in [1.82, 2.24) is 14.1 Å². The molecule has 9 nitrogen and oxygen atoms in total. The molecule has 4 amide bonds. The average Bonchev–Trinajstić information content (AvgIpc) is 2.96. The van der Waals surface area contributed by atoms with Crippen molar-refractivity contribution in [1.29, 1.82) is 0 Å². The molecule has 0 spiro atoms. The van der Waals surface area contributed by atoms with Crippen LogP contribution in [-0.2, 0) is 19.6 Å². The van der Waals surface area contributed by atoms with Crippen LogP contribution in [0.15, 0.2) is 23.1 Å². The van der Waals surface area contributed by atoms with Crippen LogP contribution in [0.4, 0.5) is 10.5 Å². The zero-order valence-electron chi connectivity index (χ0n) is 17.4. The van der Waals surface area contributed by atoms with E-state index in [9.17, 15) is 22.8 Å². The second kappa shape index (κ2) is 9.13. The number of piperidine rings is 1. The van der Waals surface area contributed by atoms with Crippen molar-refractivity contribution in [3.8, 4) is 0 Å². The summed E-state index contributed by atoms with van der Waals surface area (Å²) in [6, 6.07) is 4.50. The number of likely N-dealkylation sites (N-methyl/N-ethyl adjacent to an activating group) is 1. The monoisotopic (exact) mass is 436 g/mol. The van der Waals surface area contributed by atoms with Gasteiger partial charge < -0.3 is 10.2 Å². The van der Waals surface area contributed by atoms with E-state index >= 15 is 0 Å². The van der Waals surface area contributed by atoms with Gasteiger partial charge in [-0.15, -0.1) is 0 Å². The predicted octanol–water partition coefficient (Wildman–Crippen LogP) is 1.78. The van der Waals surface area contributed by atoms with Crippen LogP contribution in [0.3, 0.4) is 0 Å². The summed E-state index contributed by atoms with van der Waals surface area (Å²) in [6.45, 7) is 3.01. The van der Waals surface area contributed by atoms with Gasteiger partial charge >= 0.3 is 6.03 Å². The van der Waals surface area contributed by atoms with Gasteiger partial charge in [0.25, 0.3) is 0 Å². The Morgan fingerprint density at radius 2 is 1.83 bits per heavy atom. The van der Waals surface area contributed by atoms with Gasteiger partial charge in [-0.1, -0.05) is 12.5 Å². The number of amides is 4. The first-order valence-corrected chi connectivity index (χ1v) is 11.6. The lowest BCUT2D eigenvalue weighted by atomic mass is 10.2. The molecule has 2 aliphatic rings. The summed E-state index contributed by atoms with van der Waals surface area (Å²) in [7, 11) is -2.05. The number of hydrogen-bond acceptors (Lipinski definition) is 5. The summed E-state index contributed by atoms with van der Waals surface area (Å²) in [5, 5.41) is 2.72. The van der Waals surface area contributed by atoms with Gasteiger partial charge in [0.05, 0.1) is 4.90 Å². The minimum absolute atomic E-state index is 0.0582. The van der Waals surface area contributed by atoms with E-state index in [-0.39, 0.29) is 42.3 Å². The molecule has 0 saturated carbocycles. The van der Waals surface area contributed by atoms with Crippen molar-refractivity contribution < 1.29 is 22.8 Å². The molecule has 0 atom stereocenters. The van der Waals surface area contributed by atoms with Crippen molar-refractivity contribution in [3.05, 3.63) is 23.8 Å². The minimum atomic E-state index is -3.60. The Hall–Kier alpha value is -2.46. The summed E-state index contributed by atoms with van der Waals surface area (Å²) >= 11 is 0. The number of sulfonamides is 1. The van der Waals surface area contributed by atoms with Crippen LogP contribution in [0.25, 0.3) is 0 Å². The molecular weight excluding hydrogens is 408 g/mol. The number of hydrogen-bond donors (Lipinski definition) is 1. The van der Waals surface area contributed by atoms with Crippen molar-refractivity contribution in [3.63, 3.8) is 0 Å². The van der Waals surface area contributed by atoms with Gasteiger partial charge in [0.2, 0.25) is 21.8 Å². The molecule has 1 aromatic carbocycles. The number of rotatable bonds is 7. The summed E-state index contributed by atoms with van der Waals surface area (Å²) in [4.78, 5) is 38.6. The second-order valence-corrected chi connectivity index (χ2v) is 9.69. The number of urea groups is 1. The fourth-order valence-electron chi connectivity index (χ4n) is 3.71. The highest BCUT2D eigenvalue weighted by molar-refractivity contribution is 7.89. The Morgan fingerprint density at radius 1 is 1.13 bits per heavy atom. The van der Waals surface area contributed by atoms with Gasteiger partial charge in [-0.25, -0.2) is 13.2 Å². The second-order valence-electron chi connectivity index (χ2n) is 7.78. The Labute approximate surface area is 177 Å². The maximum Gasteiger partial charge on any atom is 0.326 e. The fourth-order valence-corrected chi connectivity index (χ4v) is 5.48. The Morgan fingerprint density at radius 3 is 2.47 bits per heavy atom. The summed E-state index contributed by atoms with van der Waals surface area (Å²) in [5.74, 6) is -0.568. The smallest absolute Gasteiger partial charge is 0.326 e. The third kappa shape index (κ3) is 4.81. The van der Waals surface area contributed by atoms with E-state index < -0.39 is 10.0 Å². The van der Waals surface area contributed by atoms with E-state index in [2.05, 4.69) is 5.32 Å². The zero-order valence-corrected chi connectivity index (χ0v) is 18.2. The van der Waals surface area contributed by atoms with E-state index in [0.29, 0.717) is 30.8 Å². The number of nitrogens with zero attached hydrogens (tertiary/aromatic N) is 3. The van der Waals surface area contributed by atoms with Crippen molar-refractivity contribution in [2.75, 3.05) is 38.5 Å². The highest BCUT2D eigenvalue weighted by atomic mass is 32.2. The van der Waals surface area contributed by atoms with Crippen LogP contribution in [0, 0.1) is 6.92 Å². The van der Waals surface area contributed by atoms with E-state index in [0.717, 1.165) is 24.2 Å². The summed E-state index contributed by atoms with van der Waals surface area (Å²) in [5.41, 5.74) is 1.04. The number of benzene rings is 1. The molecule has 3 rings (SSSR count). The molecule has 10 heteroatoms. The molecule has 0 bridgehead atoms. The van der Waals surface area contributed by atoms with Gasteiger partial charge in [0, 0.05) is 38.8 Å². The molecule has 2 aliphatic heterocycles. The SMILES string of the molecule is Cc1ccc(NC(=O)CCCN2C(=O)CN(C)C2=O)cc1S(=O)(=O)N1CCCCC1. The topological polar surface area (TPSA) is 107 Å². The zero-order chi connectivity index (χ0) is 21.9. The molecule has 0 aromatic heterocycles. The van der Waals surface area contributed by atoms with E-state index in [1.165, 1.54) is 15.3 Å². The van der Waals surface area contributed by atoms with Crippen LogP contribution in [0.2, 0.25) is 0 Å². The molecule has 0 radical (unpaired) electrons. The number of aryl methyl sites for hydroxylation is 1. The van der Waals surface area contributed by atoms with Crippen LogP contribution in [-0.4, -0.2) is 73.6 Å². The number of anilines is 1. The quantitative estimate of drug-likeness (QED) is 0.656. The summed E-state index contributed by atoms with van der Waals surface area (Å²) in [6.07, 6.45) is 3.19. The summed E-state index contributed by atoms with van der Waals surface area (Å²) < 4.78 is 27.5. The molecule has 1 aromatic rings. The van der Waals surface area contributed by atoms with Crippen LogP contribution in [0.1, 0.15) is 37.7 Å². The highest BCUT2D eigenvalue weighted by Gasteiger charge is 2.33. The third-order valence-corrected chi connectivity index (χ3v) is 7.46. The molecule has 2 fully saturated rings. The Bertz CT molecular complexity index is 941. The lowest BCUT2D eigenvalue weighted by Crippen LogP contribution is -2.36. The van der Waals surface area contributed by atoms with E-state index in [1.807, 2.05) is 0 Å². The molecular formula is C20H28N4O5S. The minimum Gasteiger partial charge on any atom is -0.326 e. The van der Waals surface area contributed by atoms with Crippen molar-refractivity contribution >= 4 is 33.6 Å². The van der Waals surface area contributed by atoms with Crippen molar-refractivity contribution in [2.45, 2.75) is 43.9 Å². The standard InChI is InChI=1S/C20H28N4O5S/c1-15-8-9-16(13-17(15)30(28,29)23-10-4-3-5-11-23)21-18(25)7-6-12-24-19(26)14-22(2)20(24)27/h8-9,13H,3-7,10-12,14H2,1-2H3,(H,21,25). The Kier molecular flexibility index (Phi) is 6.77. The van der Waals surface area contributed by atoms with Gasteiger partial charge in [-0.3, -0.25) is 14.5 Å². The molecule has 1 N–H and O–H groups in total. The van der Waals surface area contributed by atoms with Crippen LogP contribution < -0.4 is 5.32 Å². The molecule has 0 unspecified atom stereocenters. The molecule has 2 heterocycles. The highest BCUT2D eigenvalue weighted by Crippen LogP contribution is 2.26. The lowest BCUT2D eigenvalue weighted by Gasteiger charge is -2.26. The molecule has 164 valence electrons. The lowest BCUT2D eigenvalue weighted by molar-refractivity contribution is -0.125. The largest absolute Gasteiger partial charge is 0.326 e. The van der Waals surface area contributed by atoms with Crippen molar-refractivity contribution in [2.24, 2.45) is 0 Å². The molecule has 2 saturated heterocycles. The number of imide groups is 1. The Balaban J connectivity index is 1.60. The van der Waals surface area contributed by atoms with E-state index in [1.54, 1.807) is 26.1 Å². The van der Waals surface area contributed by atoms with Crippen LogP contribution >= 0.6 is 0 Å². The van der Waals surface area contributed by atoms with Gasteiger partial charge in [-0.2, -0.15) is 4.31 Å². The maximum atomic E-state index is 13.0. The number of nitrogens with one attached hydrogen (secondary N) is 1. The first-order chi connectivity index (χ1) is 14.2. The fraction of sp³-hybridized carbons (Fsp3) is 0.550. The number of carbonyl (C=O) groups is 3. The van der Waals surface area contributed by atoms with E-state index in [4.69, 9.17) is 0 Å². The average molecular weight is 437 g/mol. The normalized spacial score (nSPS) is 18.2. The van der Waals surface area contributed by atoms with Crippen LogP contribution in [0.5, 0.6) is 0 Å². The maximum absolute atomic E-state index is 13.0. The molecule has 30 heavy (non-hydrogen) atoms. The molecule has 0 aliphatic carbocycles. The predicted molar refractivity (Wildman–Crippen MR) is 111 cm³/mol.